The summed E-state index contributed by atoms with van der Waals surface area (Å²) in [7, 11) is 1.83. The lowest BCUT2D eigenvalue weighted by atomic mass is 10.2. The molecule has 0 radical (unpaired) electrons. The molecule has 0 aliphatic carbocycles. The van der Waals surface area contributed by atoms with E-state index in [2.05, 4.69) is 0 Å². The lowest BCUT2D eigenvalue weighted by molar-refractivity contribution is -0.159. The van der Waals surface area contributed by atoms with E-state index in [1.165, 1.54) is 0 Å². The Morgan fingerprint density at radius 3 is 2.86 bits per heavy atom. The van der Waals surface area contributed by atoms with Crippen molar-refractivity contribution in [1.29, 1.82) is 0 Å². The number of likely N-dealkylation sites (N-methyl/N-ethyl adjacent to an activating group) is 1. The zero-order valence-electron chi connectivity index (χ0n) is 12.0. The summed E-state index contributed by atoms with van der Waals surface area (Å²) in [5.74, 6) is -1.54. The molecule has 0 bridgehead atoms. The van der Waals surface area contributed by atoms with Crippen molar-refractivity contribution in [3.05, 3.63) is 32.9 Å². The van der Waals surface area contributed by atoms with Crippen molar-refractivity contribution < 1.29 is 13.9 Å². The molecular formula is C13H18FN3O4. The highest BCUT2D eigenvalue weighted by molar-refractivity contribution is 5.76. The summed E-state index contributed by atoms with van der Waals surface area (Å²) < 4.78 is 19.5. The maximum atomic E-state index is 13.3. The van der Waals surface area contributed by atoms with Gasteiger partial charge in [0.1, 0.15) is 6.04 Å². The summed E-state index contributed by atoms with van der Waals surface area (Å²) in [5, 5.41) is 0. The molecule has 1 aromatic rings. The number of carbonyl (C=O) groups is 1. The minimum atomic E-state index is -1.10. The van der Waals surface area contributed by atoms with Gasteiger partial charge in [-0.15, -0.1) is 0 Å². The van der Waals surface area contributed by atoms with E-state index >= 15 is 0 Å². The number of nitrogens with zero attached hydrogens (tertiary/aromatic N) is 2. The minimum absolute atomic E-state index is 0.285. The number of hydrogen-bond acceptors (Lipinski definition) is 5. The summed E-state index contributed by atoms with van der Waals surface area (Å²) in [4.78, 5) is 38.6. The van der Waals surface area contributed by atoms with Crippen LogP contribution in [0.5, 0.6) is 0 Å². The van der Waals surface area contributed by atoms with Crippen LogP contribution < -0.4 is 11.2 Å². The van der Waals surface area contributed by atoms with Crippen LogP contribution in [0.3, 0.4) is 0 Å². The third-order valence-corrected chi connectivity index (χ3v) is 3.63. The summed E-state index contributed by atoms with van der Waals surface area (Å²) in [5.41, 5.74) is -1.89. The van der Waals surface area contributed by atoms with Gasteiger partial charge >= 0.3 is 11.7 Å². The molecule has 0 aromatic carbocycles. The third-order valence-electron chi connectivity index (χ3n) is 3.63. The van der Waals surface area contributed by atoms with Crippen LogP contribution in [0.25, 0.3) is 0 Å². The molecule has 0 spiro atoms. The number of ether oxygens (including phenoxy) is 1. The summed E-state index contributed by atoms with van der Waals surface area (Å²) in [6.07, 6.45) is 1.71. The molecule has 1 aromatic heterocycles. The van der Waals surface area contributed by atoms with Gasteiger partial charge in [-0.1, -0.05) is 6.92 Å². The molecule has 0 amide bonds. The maximum Gasteiger partial charge on any atom is 0.331 e. The van der Waals surface area contributed by atoms with Crippen molar-refractivity contribution in [3.8, 4) is 0 Å². The molecule has 7 nitrogen and oxygen atoms in total. The van der Waals surface area contributed by atoms with Crippen molar-refractivity contribution in [3.63, 3.8) is 0 Å². The van der Waals surface area contributed by atoms with E-state index in [9.17, 15) is 18.8 Å². The van der Waals surface area contributed by atoms with E-state index in [1.807, 2.05) is 16.9 Å². The highest BCUT2D eigenvalue weighted by Crippen LogP contribution is 2.19. The van der Waals surface area contributed by atoms with Crippen molar-refractivity contribution in [1.82, 2.24) is 14.5 Å². The molecule has 0 saturated carbocycles. The molecule has 8 heteroatoms. The first kappa shape index (κ1) is 15.4. The molecule has 21 heavy (non-hydrogen) atoms. The molecule has 1 N–H and O–H groups in total. The second-order valence-corrected chi connectivity index (χ2v) is 5.08. The summed E-state index contributed by atoms with van der Waals surface area (Å²) in [6.45, 7) is 2.51. The number of H-pyrrole nitrogens is 1. The highest BCUT2D eigenvalue weighted by atomic mass is 19.1. The molecule has 1 aliphatic heterocycles. The fraction of sp³-hybridized carbons (Fsp3) is 0.615. The SMILES string of the molecule is CCC(OC(=O)C1CCCN1C)n1cc(F)c(=O)[nH]c1=O. The first-order chi connectivity index (χ1) is 9.93. The minimum Gasteiger partial charge on any atom is -0.440 e. The molecule has 1 fully saturated rings. The molecule has 2 unspecified atom stereocenters. The Labute approximate surface area is 120 Å². The van der Waals surface area contributed by atoms with Gasteiger partial charge in [-0.3, -0.25) is 24.0 Å². The first-order valence-electron chi connectivity index (χ1n) is 6.85. The van der Waals surface area contributed by atoms with Gasteiger partial charge in [-0.25, -0.2) is 4.79 Å². The second-order valence-electron chi connectivity index (χ2n) is 5.08. The quantitative estimate of drug-likeness (QED) is 0.804. The lowest BCUT2D eigenvalue weighted by Crippen LogP contribution is -2.39. The van der Waals surface area contributed by atoms with Crippen LogP contribution in [0.1, 0.15) is 32.4 Å². The van der Waals surface area contributed by atoms with Gasteiger partial charge in [0.15, 0.2) is 6.23 Å². The Balaban J connectivity index is 2.20. The molecule has 2 rings (SSSR count). The average Bonchev–Trinajstić information content (AvgIpc) is 2.86. The van der Waals surface area contributed by atoms with Gasteiger partial charge in [0.05, 0.1) is 6.20 Å². The lowest BCUT2D eigenvalue weighted by Gasteiger charge is -2.23. The van der Waals surface area contributed by atoms with Crippen LogP contribution in [0.4, 0.5) is 4.39 Å². The highest BCUT2D eigenvalue weighted by Gasteiger charge is 2.31. The summed E-state index contributed by atoms with van der Waals surface area (Å²) >= 11 is 0. The monoisotopic (exact) mass is 299 g/mol. The van der Waals surface area contributed by atoms with Crippen LogP contribution in [0.2, 0.25) is 0 Å². The van der Waals surface area contributed by atoms with Gasteiger partial charge in [0, 0.05) is 6.42 Å². The molecule has 2 atom stereocenters. The zero-order valence-corrected chi connectivity index (χ0v) is 12.0. The van der Waals surface area contributed by atoms with Crippen LogP contribution >= 0.6 is 0 Å². The van der Waals surface area contributed by atoms with Crippen LogP contribution in [0.15, 0.2) is 15.8 Å². The van der Waals surface area contributed by atoms with E-state index in [0.717, 1.165) is 23.7 Å². The predicted molar refractivity (Wildman–Crippen MR) is 72.4 cm³/mol. The third kappa shape index (κ3) is 3.21. The Morgan fingerprint density at radius 1 is 1.57 bits per heavy atom. The Morgan fingerprint density at radius 2 is 2.29 bits per heavy atom. The van der Waals surface area contributed by atoms with E-state index in [0.29, 0.717) is 6.42 Å². The molecule has 2 heterocycles. The van der Waals surface area contributed by atoms with Crippen LogP contribution in [-0.2, 0) is 9.53 Å². The zero-order chi connectivity index (χ0) is 15.6. The van der Waals surface area contributed by atoms with Gasteiger partial charge in [-0.05, 0) is 26.4 Å². The fourth-order valence-electron chi connectivity index (χ4n) is 2.43. The standard InChI is InChI=1S/C13H18FN3O4/c1-3-10(17-7-8(14)11(18)15-13(17)20)21-12(19)9-5-4-6-16(9)2/h7,9-10H,3-6H2,1-2H3,(H,15,18,20). The maximum absolute atomic E-state index is 13.3. The fourth-order valence-corrected chi connectivity index (χ4v) is 2.43. The molecular weight excluding hydrogens is 281 g/mol. The van der Waals surface area contributed by atoms with Gasteiger partial charge in [0.2, 0.25) is 5.82 Å². The first-order valence-corrected chi connectivity index (χ1v) is 6.85. The average molecular weight is 299 g/mol. The van der Waals surface area contributed by atoms with Crippen molar-refractivity contribution in [2.24, 2.45) is 0 Å². The van der Waals surface area contributed by atoms with E-state index < -0.39 is 29.3 Å². The van der Waals surface area contributed by atoms with Gasteiger partial charge < -0.3 is 4.74 Å². The van der Waals surface area contributed by atoms with Crippen molar-refractivity contribution >= 4 is 5.97 Å². The molecule has 116 valence electrons. The van der Waals surface area contributed by atoms with Crippen molar-refractivity contribution in [2.45, 2.75) is 38.5 Å². The topological polar surface area (TPSA) is 84.4 Å². The largest absolute Gasteiger partial charge is 0.440 e. The number of carbonyl (C=O) groups excluding carboxylic acids is 1. The normalized spacial score (nSPS) is 20.4. The van der Waals surface area contributed by atoms with Crippen LogP contribution in [-0.4, -0.2) is 40.1 Å². The van der Waals surface area contributed by atoms with Crippen molar-refractivity contribution in [2.75, 3.05) is 13.6 Å². The number of hydrogen-bond donors (Lipinski definition) is 1. The molecule has 1 aliphatic rings. The van der Waals surface area contributed by atoms with Crippen LogP contribution in [0, 0.1) is 5.82 Å². The number of aromatic nitrogens is 2. The number of nitrogens with one attached hydrogen (secondary N) is 1. The number of rotatable bonds is 4. The van der Waals surface area contributed by atoms with Gasteiger partial charge in [0.25, 0.3) is 5.56 Å². The van der Waals surface area contributed by atoms with E-state index in [4.69, 9.17) is 4.74 Å². The van der Waals surface area contributed by atoms with Gasteiger partial charge in [-0.2, -0.15) is 4.39 Å². The predicted octanol–water partition coefficient (Wildman–Crippen LogP) is 0.222. The Kier molecular flexibility index (Phi) is 4.56. The van der Waals surface area contributed by atoms with E-state index in [-0.39, 0.29) is 12.5 Å². The number of halogens is 1. The summed E-state index contributed by atoms with van der Waals surface area (Å²) in [6, 6.07) is -0.345. The molecule has 1 saturated heterocycles. The number of esters is 1. The Bertz CT molecular complexity index is 639. The van der Waals surface area contributed by atoms with E-state index in [1.54, 1.807) is 6.92 Å². The smallest absolute Gasteiger partial charge is 0.331 e. The number of aromatic amines is 1. The number of likely N-dealkylation sites (tertiary alicyclic amines) is 1. The Hall–Kier alpha value is -1.96. The second kappa shape index (κ2) is 6.21.